The minimum Gasteiger partial charge on any atom is -0.399 e. The molecule has 6 rings (SSSR count). The lowest BCUT2D eigenvalue weighted by molar-refractivity contribution is 0.649. The molecule has 0 saturated carbocycles. The Morgan fingerprint density at radius 2 is 1.18 bits per heavy atom. The zero-order valence-electron chi connectivity index (χ0n) is 27.7. The summed E-state index contributed by atoms with van der Waals surface area (Å²) in [6.07, 6.45) is 6.51. The van der Waals surface area contributed by atoms with Crippen molar-refractivity contribution in [2.45, 2.75) is 88.7 Å². The molecule has 0 aliphatic heterocycles. The van der Waals surface area contributed by atoms with E-state index in [-0.39, 0.29) is 22.3 Å². The molecule has 0 atom stereocenters. The highest BCUT2D eigenvalue weighted by atomic mass is 127. The van der Waals surface area contributed by atoms with Gasteiger partial charge in [-0.25, -0.2) is 0 Å². The first kappa shape index (κ1) is 43.3. The number of halogens is 1. The third-order valence-corrected chi connectivity index (χ3v) is 8.75. The van der Waals surface area contributed by atoms with Gasteiger partial charge in [-0.1, -0.05) is 85.4 Å². The van der Waals surface area contributed by atoms with Gasteiger partial charge in [-0.3, -0.25) is 0 Å². The van der Waals surface area contributed by atoms with Crippen LogP contribution in [0.3, 0.4) is 0 Å². The maximum absolute atomic E-state index is 9.75. The Labute approximate surface area is 314 Å². The number of hydrogen-bond acceptors (Lipinski definition) is 4. The Morgan fingerprint density at radius 1 is 0.660 bits per heavy atom. The van der Waals surface area contributed by atoms with Gasteiger partial charge in [0.25, 0.3) is 0 Å². The largest absolute Gasteiger partial charge is 0.399 e. The third kappa shape index (κ3) is 10.6. The molecule has 0 fully saturated rings. The highest BCUT2D eigenvalue weighted by Crippen LogP contribution is 2.34. The fraction of sp³-hybridized carbons (Fsp3) is 0.302. The SMILES string of the molecule is C.C.C.CCCCn1c(-c2ccc(N)cc2)c(C#N)c2ccc(C)cc21.CCCCn1cc(C#N)c2ccc(C)cc21.Nc1ccc(I)cc1. The Morgan fingerprint density at radius 3 is 1.70 bits per heavy atom. The minimum absolute atomic E-state index is 0. The Kier molecular flexibility index (Phi) is 17.9. The van der Waals surface area contributed by atoms with Crippen molar-refractivity contribution in [2.24, 2.45) is 0 Å². The molecule has 6 nitrogen and oxygen atoms in total. The van der Waals surface area contributed by atoms with Crippen molar-refractivity contribution in [3.63, 3.8) is 0 Å². The number of hydrogen-bond donors (Lipinski definition) is 2. The third-order valence-electron chi connectivity index (χ3n) is 8.03. The highest BCUT2D eigenvalue weighted by molar-refractivity contribution is 14.1. The number of rotatable bonds is 7. The zero-order chi connectivity index (χ0) is 33.9. The topological polar surface area (TPSA) is 109 Å². The molecule has 0 amide bonds. The smallest absolute Gasteiger partial charge is 0.102 e. The molecule has 264 valence electrons. The van der Waals surface area contributed by atoms with E-state index in [1.165, 1.54) is 26.6 Å². The summed E-state index contributed by atoms with van der Waals surface area (Å²) >= 11 is 2.24. The summed E-state index contributed by atoms with van der Waals surface area (Å²) in [5.74, 6) is 0. The first-order valence-corrected chi connectivity index (χ1v) is 17.2. The van der Waals surface area contributed by atoms with Crippen molar-refractivity contribution < 1.29 is 0 Å². The van der Waals surface area contributed by atoms with E-state index in [1.807, 2.05) is 60.8 Å². The Balaban J connectivity index is 0.000000404. The van der Waals surface area contributed by atoms with Crippen LogP contribution in [-0.2, 0) is 13.1 Å². The van der Waals surface area contributed by atoms with E-state index in [2.05, 4.69) is 102 Å². The number of nitrogen functional groups attached to an aromatic ring is 2. The van der Waals surface area contributed by atoms with E-state index in [0.717, 1.165) is 82.4 Å². The molecule has 0 aliphatic rings. The Hall–Kier alpha value is -4.73. The van der Waals surface area contributed by atoms with Crippen molar-refractivity contribution in [2.75, 3.05) is 11.5 Å². The second-order valence-corrected chi connectivity index (χ2v) is 13.0. The van der Waals surface area contributed by atoms with Crippen LogP contribution in [0.1, 0.15) is 84.1 Å². The summed E-state index contributed by atoms with van der Waals surface area (Å²) in [5, 5.41) is 20.9. The second kappa shape index (κ2) is 20.7. The summed E-state index contributed by atoms with van der Waals surface area (Å²) in [6.45, 7) is 10.5. The van der Waals surface area contributed by atoms with Gasteiger partial charge >= 0.3 is 0 Å². The summed E-state index contributed by atoms with van der Waals surface area (Å²) < 4.78 is 5.71. The monoisotopic (exact) mass is 782 g/mol. The quantitative estimate of drug-likeness (QED) is 0.124. The molecule has 2 heterocycles. The van der Waals surface area contributed by atoms with Gasteiger partial charge in [0, 0.05) is 50.5 Å². The average Bonchev–Trinajstić information content (AvgIpc) is 3.58. The van der Waals surface area contributed by atoms with Gasteiger partial charge < -0.3 is 20.6 Å². The predicted molar refractivity (Wildman–Crippen MR) is 226 cm³/mol. The van der Waals surface area contributed by atoms with Gasteiger partial charge in [0.1, 0.15) is 12.1 Å². The number of unbranched alkanes of at least 4 members (excludes halogenated alkanes) is 2. The van der Waals surface area contributed by atoms with E-state index in [4.69, 9.17) is 16.7 Å². The normalized spacial score (nSPS) is 9.82. The Bertz CT molecular complexity index is 2000. The minimum atomic E-state index is 0. The van der Waals surface area contributed by atoms with E-state index in [1.54, 1.807) is 0 Å². The number of aryl methyl sites for hydroxylation is 4. The van der Waals surface area contributed by atoms with Gasteiger partial charge in [-0.15, -0.1) is 0 Å². The van der Waals surface area contributed by atoms with Crippen LogP contribution in [0.5, 0.6) is 0 Å². The molecule has 0 saturated heterocycles. The van der Waals surface area contributed by atoms with E-state index < -0.39 is 0 Å². The summed E-state index contributed by atoms with van der Waals surface area (Å²) in [6, 6.07) is 32.8. The molecule has 0 radical (unpaired) electrons. The van der Waals surface area contributed by atoms with Crippen LogP contribution in [-0.4, -0.2) is 9.13 Å². The number of fused-ring (bicyclic) bond motifs is 2. The van der Waals surface area contributed by atoms with Crippen molar-refractivity contribution in [3.8, 4) is 23.4 Å². The summed E-state index contributed by atoms with van der Waals surface area (Å²) in [4.78, 5) is 0. The molecule has 2 aromatic heterocycles. The number of anilines is 2. The maximum Gasteiger partial charge on any atom is 0.102 e. The number of nitrogens with zero attached hydrogens (tertiary/aromatic N) is 4. The molecular formula is C43H55IN6. The molecule has 50 heavy (non-hydrogen) atoms. The van der Waals surface area contributed by atoms with E-state index >= 15 is 0 Å². The summed E-state index contributed by atoms with van der Waals surface area (Å²) in [5.41, 5.74) is 21.2. The van der Waals surface area contributed by atoms with Crippen LogP contribution in [0.2, 0.25) is 0 Å². The molecule has 4 N–H and O–H groups in total. The van der Waals surface area contributed by atoms with E-state index in [0.29, 0.717) is 0 Å². The lowest BCUT2D eigenvalue weighted by atomic mass is 10.1. The van der Waals surface area contributed by atoms with Gasteiger partial charge in [-0.05, 0) is 115 Å². The molecule has 6 aromatic rings. The lowest BCUT2D eigenvalue weighted by Gasteiger charge is -2.11. The van der Waals surface area contributed by atoms with Crippen molar-refractivity contribution in [1.29, 1.82) is 10.5 Å². The number of aromatic nitrogens is 2. The lowest BCUT2D eigenvalue weighted by Crippen LogP contribution is -2.01. The van der Waals surface area contributed by atoms with Crippen molar-refractivity contribution in [3.05, 3.63) is 117 Å². The molecule has 0 bridgehead atoms. The van der Waals surface area contributed by atoms with Crippen LogP contribution in [0.15, 0.2) is 91.1 Å². The van der Waals surface area contributed by atoms with Crippen LogP contribution in [0.4, 0.5) is 11.4 Å². The molecule has 0 unspecified atom stereocenters. The van der Waals surface area contributed by atoms with Gasteiger partial charge in [-0.2, -0.15) is 10.5 Å². The first-order valence-electron chi connectivity index (χ1n) is 16.1. The fourth-order valence-electron chi connectivity index (χ4n) is 5.53. The van der Waals surface area contributed by atoms with Gasteiger partial charge in [0.05, 0.1) is 22.3 Å². The highest BCUT2D eigenvalue weighted by Gasteiger charge is 2.18. The second-order valence-electron chi connectivity index (χ2n) is 11.8. The summed E-state index contributed by atoms with van der Waals surface area (Å²) in [7, 11) is 0. The molecule has 0 aliphatic carbocycles. The maximum atomic E-state index is 9.75. The molecule has 4 aromatic carbocycles. The number of nitriles is 2. The van der Waals surface area contributed by atoms with Crippen LogP contribution in [0.25, 0.3) is 33.1 Å². The van der Waals surface area contributed by atoms with Crippen LogP contribution in [0, 0.1) is 40.1 Å². The van der Waals surface area contributed by atoms with Gasteiger partial charge in [0.2, 0.25) is 0 Å². The van der Waals surface area contributed by atoms with Crippen LogP contribution >= 0.6 is 22.6 Å². The number of benzene rings is 4. The predicted octanol–water partition coefficient (Wildman–Crippen LogP) is 12.3. The first-order chi connectivity index (χ1) is 22.7. The molecule has 7 heteroatoms. The van der Waals surface area contributed by atoms with Crippen molar-refractivity contribution >= 4 is 55.8 Å². The van der Waals surface area contributed by atoms with Crippen molar-refractivity contribution in [1.82, 2.24) is 9.13 Å². The van der Waals surface area contributed by atoms with Gasteiger partial charge in [0.15, 0.2) is 0 Å². The molecule has 0 spiro atoms. The fourth-order valence-corrected chi connectivity index (χ4v) is 5.89. The zero-order valence-corrected chi connectivity index (χ0v) is 29.9. The molecular weight excluding hydrogens is 727 g/mol. The average molecular weight is 783 g/mol. The number of nitrogens with two attached hydrogens (primary N) is 2. The van der Waals surface area contributed by atoms with E-state index in [9.17, 15) is 5.26 Å². The standard InChI is InChI=1S/C20H21N3.C14H16N2.C6H6IN.3CH4/c1-3-4-11-23-19-12-14(2)5-10-17(19)18(13-21)20(23)15-6-8-16(22)9-7-15;1-3-4-7-16-10-12(9-15)13-6-5-11(2)8-14(13)16;7-5-1-3-6(8)4-2-5;;;/h5-10,12H,3-4,11,22H2,1-2H3;5-6,8,10H,3-4,7H2,1-2H3;1-4H,8H2;3*1H4. The van der Waals surface area contributed by atoms with Crippen LogP contribution < -0.4 is 11.5 Å².